The first kappa shape index (κ1) is 23.7. The number of carbonyl (C=O) groups excluding carboxylic acids is 1. The van der Waals surface area contributed by atoms with Crippen LogP contribution in [0.2, 0.25) is 0 Å². The molecule has 0 bridgehead atoms. The molecule has 1 N–H and O–H groups in total. The fourth-order valence-electron chi connectivity index (χ4n) is 5.35. The molecule has 36 heavy (non-hydrogen) atoms. The number of methoxy groups -OCH3 is 1. The van der Waals surface area contributed by atoms with Crippen LogP contribution in [0.25, 0.3) is 0 Å². The van der Waals surface area contributed by atoms with Crippen LogP contribution in [-0.4, -0.2) is 50.2 Å². The van der Waals surface area contributed by atoms with Gasteiger partial charge in [-0.25, -0.2) is 0 Å². The average Bonchev–Trinajstić information content (AvgIpc) is 2.92. The number of ether oxygens (including phenoxy) is 1. The second kappa shape index (κ2) is 10.3. The zero-order chi connectivity index (χ0) is 25.1. The van der Waals surface area contributed by atoms with E-state index in [0.717, 1.165) is 54.3 Å². The maximum atomic E-state index is 13.5. The summed E-state index contributed by atoms with van der Waals surface area (Å²) in [6.07, 6.45) is 1.20. The second-order valence-electron chi connectivity index (χ2n) is 9.31. The first-order valence-corrected chi connectivity index (χ1v) is 12.3. The number of rotatable bonds is 7. The number of nitro benzene ring substituents is 1. The smallest absolute Gasteiger partial charge is 0.269 e. The van der Waals surface area contributed by atoms with Crippen molar-refractivity contribution in [2.75, 3.05) is 43.1 Å². The summed E-state index contributed by atoms with van der Waals surface area (Å²) in [5.41, 5.74) is 4.19. The molecule has 5 rings (SSSR count). The van der Waals surface area contributed by atoms with Crippen LogP contribution in [-0.2, 0) is 17.6 Å². The summed E-state index contributed by atoms with van der Waals surface area (Å²) in [7, 11) is 1.64. The van der Waals surface area contributed by atoms with Crippen molar-refractivity contribution in [3.05, 3.63) is 94.0 Å². The van der Waals surface area contributed by atoms with Crippen molar-refractivity contribution in [1.82, 2.24) is 5.32 Å². The first-order chi connectivity index (χ1) is 17.5. The number of para-hydroxylation sites is 1. The first-order valence-electron chi connectivity index (χ1n) is 12.3. The molecule has 1 fully saturated rings. The van der Waals surface area contributed by atoms with Crippen molar-refractivity contribution in [2.24, 2.45) is 5.92 Å². The zero-order valence-electron chi connectivity index (χ0n) is 20.3. The highest BCUT2D eigenvalue weighted by Crippen LogP contribution is 2.38. The second-order valence-corrected chi connectivity index (χ2v) is 9.31. The SMILES string of the molecule is COc1ccc(CCNC(=O)[C@H]2Cc3cc([N+](=O)[O-])ccc3N3CCN(c4ccccc4)C[C@H]23)cc1. The average molecular weight is 487 g/mol. The fourth-order valence-corrected chi connectivity index (χ4v) is 5.35. The van der Waals surface area contributed by atoms with Gasteiger partial charge in [-0.15, -0.1) is 0 Å². The summed E-state index contributed by atoms with van der Waals surface area (Å²) < 4.78 is 5.21. The normalized spacial score (nSPS) is 18.7. The molecule has 2 aliphatic rings. The zero-order valence-corrected chi connectivity index (χ0v) is 20.3. The molecule has 8 nitrogen and oxygen atoms in total. The van der Waals surface area contributed by atoms with E-state index in [-0.39, 0.29) is 28.5 Å². The highest BCUT2D eigenvalue weighted by Gasteiger charge is 2.42. The summed E-state index contributed by atoms with van der Waals surface area (Å²) in [5, 5.41) is 14.5. The number of nitrogens with one attached hydrogen (secondary N) is 1. The fraction of sp³-hybridized carbons (Fsp3) is 0.321. The standard InChI is InChI=1S/C28H30N4O4/c1-36-24-10-7-20(8-11-24)13-14-29-28(33)25-18-21-17-23(32(34)35)9-12-26(21)31-16-15-30(19-27(25)31)22-5-3-2-4-6-22/h2-12,17,25,27H,13-16,18-19H2,1H3,(H,29,33)/t25-,27+/m0/s1. The number of benzene rings is 3. The monoisotopic (exact) mass is 486 g/mol. The van der Waals surface area contributed by atoms with Gasteiger partial charge in [0, 0.05) is 49.7 Å². The van der Waals surface area contributed by atoms with E-state index in [4.69, 9.17) is 4.74 Å². The van der Waals surface area contributed by atoms with Crippen LogP contribution < -0.4 is 19.9 Å². The van der Waals surface area contributed by atoms with Crippen molar-refractivity contribution in [3.63, 3.8) is 0 Å². The third-order valence-electron chi connectivity index (χ3n) is 7.24. The third-order valence-corrected chi connectivity index (χ3v) is 7.24. The summed E-state index contributed by atoms with van der Waals surface area (Å²) in [6.45, 7) is 2.82. The molecule has 0 aromatic heterocycles. The largest absolute Gasteiger partial charge is 0.497 e. The van der Waals surface area contributed by atoms with Gasteiger partial charge in [0.1, 0.15) is 5.75 Å². The van der Waals surface area contributed by atoms with Crippen LogP contribution in [0, 0.1) is 16.0 Å². The minimum Gasteiger partial charge on any atom is -0.497 e. The Balaban J connectivity index is 1.35. The molecular weight excluding hydrogens is 456 g/mol. The molecule has 8 heteroatoms. The Labute approximate surface area is 210 Å². The third kappa shape index (κ3) is 4.84. The summed E-state index contributed by atoms with van der Waals surface area (Å²) >= 11 is 0. The molecule has 3 aromatic rings. The van der Waals surface area contributed by atoms with Crippen LogP contribution in [0.15, 0.2) is 72.8 Å². The number of carbonyl (C=O) groups is 1. The molecule has 0 radical (unpaired) electrons. The molecule has 186 valence electrons. The summed E-state index contributed by atoms with van der Waals surface area (Å²) in [6, 6.07) is 23.1. The molecule has 0 spiro atoms. The minimum atomic E-state index is -0.371. The number of non-ortho nitro benzene ring substituents is 1. The quantitative estimate of drug-likeness (QED) is 0.403. The lowest BCUT2D eigenvalue weighted by atomic mass is 9.83. The molecule has 0 aliphatic carbocycles. The van der Waals surface area contributed by atoms with E-state index in [2.05, 4.69) is 27.2 Å². The molecule has 1 amide bonds. The number of fused-ring (bicyclic) bond motifs is 3. The Morgan fingerprint density at radius 1 is 1.08 bits per heavy atom. The van der Waals surface area contributed by atoms with Gasteiger partial charge in [0.2, 0.25) is 5.91 Å². The number of piperazine rings is 1. The van der Waals surface area contributed by atoms with E-state index in [1.807, 2.05) is 48.5 Å². The number of amides is 1. The lowest BCUT2D eigenvalue weighted by molar-refractivity contribution is -0.384. The highest BCUT2D eigenvalue weighted by molar-refractivity contribution is 5.82. The van der Waals surface area contributed by atoms with Crippen LogP contribution in [0.1, 0.15) is 11.1 Å². The van der Waals surface area contributed by atoms with Crippen LogP contribution in [0.4, 0.5) is 17.1 Å². The van der Waals surface area contributed by atoms with Gasteiger partial charge >= 0.3 is 0 Å². The van der Waals surface area contributed by atoms with Crippen LogP contribution in [0.5, 0.6) is 5.75 Å². The lowest BCUT2D eigenvalue weighted by Gasteiger charge is -2.49. The Morgan fingerprint density at radius 2 is 1.86 bits per heavy atom. The van der Waals surface area contributed by atoms with Crippen LogP contribution >= 0.6 is 0 Å². The molecule has 2 atom stereocenters. The highest BCUT2D eigenvalue weighted by atomic mass is 16.6. The van der Waals surface area contributed by atoms with Crippen molar-refractivity contribution in [3.8, 4) is 5.75 Å². The van der Waals surface area contributed by atoms with Gasteiger partial charge in [-0.05, 0) is 54.3 Å². The van der Waals surface area contributed by atoms with Crippen molar-refractivity contribution >= 4 is 23.0 Å². The molecular formula is C28H30N4O4. The van der Waals surface area contributed by atoms with Gasteiger partial charge < -0.3 is 19.9 Å². The molecule has 0 saturated carbocycles. The number of anilines is 2. The number of nitrogens with zero attached hydrogens (tertiary/aromatic N) is 3. The minimum absolute atomic E-state index is 0.00872. The Hall–Kier alpha value is -4.07. The van der Waals surface area contributed by atoms with Crippen molar-refractivity contribution in [1.29, 1.82) is 0 Å². The van der Waals surface area contributed by atoms with Crippen LogP contribution in [0.3, 0.4) is 0 Å². The van der Waals surface area contributed by atoms with Gasteiger partial charge in [-0.1, -0.05) is 30.3 Å². The Kier molecular flexibility index (Phi) is 6.75. The van der Waals surface area contributed by atoms with Gasteiger partial charge in [0.15, 0.2) is 0 Å². The van der Waals surface area contributed by atoms with E-state index < -0.39 is 0 Å². The van der Waals surface area contributed by atoms with E-state index in [9.17, 15) is 14.9 Å². The topological polar surface area (TPSA) is 87.9 Å². The molecule has 0 unspecified atom stereocenters. The summed E-state index contributed by atoms with van der Waals surface area (Å²) in [4.78, 5) is 29.1. The lowest BCUT2D eigenvalue weighted by Crippen LogP contribution is -2.61. The maximum Gasteiger partial charge on any atom is 0.269 e. The molecule has 3 aromatic carbocycles. The van der Waals surface area contributed by atoms with Crippen molar-refractivity contribution < 1.29 is 14.5 Å². The van der Waals surface area contributed by atoms with E-state index in [0.29, 0.717) is 13.0 Å². The van der Waals surface area contributed by atoms with Gasteiger partial charge in [0.25, 0.3) is 5.69 Å². The van der Waals surface area contributed by atoms with Gasteiger partial charge in [-0.3, -0.25) is 14.9 Å². The number of hydrogen-bond acceptors (Lipinski definition) is 6. The maximum absolute atomic E-state index is 13.5. The van der Waals surface area contributed by atoms with Crippen molar-refractivity contribution in [2.45, 2.75) is 18.9 Å². The van der Waals surface area contributed by atoms with E-state index in [1.165, 1.54) is 0 Å². The molecule has 1 saturated heterocycles. The number of hydrogen-bond donors (Lipinski definition) is 1. The summed E-state index contributed by atoms with van der Waals surface area (Å²) in [5.74, 6) is 0.491. The predicted octanol–water partition coefficient (Wildman–Crippen LogP) is 3.83. The number of nitro groups is 1. The van der Waals surface area contributed by atoms with Gasteiger partial charge in [-0.2, -0.15) is 0 Å². The molecule has 2 heterocycles. The predicted molar refractivity (Wildman–Crippen MR) is 140 cm³/mol. The Morgan fingerprint density at radius 3 is 2.58 bits per heavy atom. The van der Waals surface area contributed by atoms with E-state index in [1.54, 1.807) is 19.2 Å². The van der Waals surface area contributed by atoms with Gasteiger partial charge in [0.05, 0.1) is 24.0 Å². The van der Waals surface area contributed by atoms with E-state index >= 15 is 0 Å². The molecule has 2 aliphatic heterocycles. The Bertz CT molecular complexity index is 1230.